The van der Waals surface area contributed by atoms with Crippen LogP contribution in [-0.4, -0.2) is 22.4 Å². The van der Waals surface area contributed by atoms with Crippen LogP contribution in [0.25, 0.3) is 0 Å². The van der Waals surface area contributed by atoms with Crippen molar-refractivity contribution in [1.29, 1.82) is 0 Å². The summed E-state index contributed by atoms with van der Waals surface area (Å²) in [6.45, 7) is 5.74. The molecule has 0 aliphatic heterocycles. The molecule has 2 aliphatic rings. The molecular weight excluding hydrogens is 436 g/mol. The second-order valence-electron chi connectivity index (χ2n) is 10.4. The van der Waals surface area contributed by atoms with E-state index in [4.69, 9.17) is 21.3 Å². The van der Waals surface area contributed by atoms with Gasteiger partial charge in [-0.15, -0.1) is 0 Å². The summed E-state index contributed by atoms with van der Waals surface area (Å²) in [6, 6.07) is 12.0. The van der Waals surface area contributed by atoms with Crippen LogP contribution >= 0.6 is 11.6 Å². The first-order chi connectivity index (χ1) is 15.7. The van der Waals surface area contributed by atoms with E-state index >= 15 is 0 Å². The maximum atomic E-state index is 13.5. The van der Waals surface area contributed by atoms with Crippen molar-refractivity contribution in [3.05, 3.63) is 63.9 Å². The summed E-state index contributed by atoms with van der Waals surface area (Å²) in [7, 11) is 0. The van der Waals surface area contributed by atoms with Crippen molar-refractivity contribution in [2.24, 2.45) is 5.92 Å². The number of aromatic nitrogens is 1. The van der Waals surface area contributed by atoms with Gasteiger partial charge in [0, 0.05) is 16.5 Å². The number of nitrogens with one attached hydrogen (secondary N) is 1. The fraction of sp³-hybridized carbons (Fsp3) is 0.519. The van der Waals surface area contributed by atoms with Gasteiger partial charge >= 0.3 is 6.09 Å². The van der Waals surface area contributed by atoms with Crippen molar-refractivity contribution < 1.29 is 14.3 Å². The Bertz CT molecular complexity index is 1020. The van der Waals surface area contributed by atoms with E-state index in [0.717, 1.165) is 49.1 Å². The number of carbonyl (C=O) groups excluding carboxylic acids is 2. The van der Waals surface area contributed by atoms with Crippen LogP contribution in [0.1, 0.15) is 98.4 Å². The van der Waals surface area contributed by atoms with Crippen molar-refractivity contribution in [3.8, 4) is 0 Å². The van der Waals surface area contributed by atoms with Gasteiger partial charge in [-0.1, -0.05) is 29.8 Å². The molecule has 5 nitrogen and oxygen atoms in total. The highest BCUT2D eigenvalue weighted by Gasteiger charge is 2.34. The Kier molecular flexibility index (Phi) is 7.08. The first-order valence-corrected chi connectivity index (χ1v) is 12.3. The molecule has 0 unspecified atom stereocenters. The lowest BCUT2D eigenvalue weighted by molar-refractivity contribution is 0.0876. The van der Waals surface area contributed by atoms with Gasteiger partial charge in [0.05, 0.1) is 5.69 Å². The number of rotatable bonds is 6. The van der Waals surface area contributed by atoms with Crippen LogP contribution in [0, 0.1) is 5.92 Å². The SMILES string of the molecule is CC(C)(C)NC(=O)OCc1ccc(C2CC2)c(C(=O)C2CCC(c3cccc(Cl)c3)CC2)n1. The average molecular weight is 469 g/mol. The molecule has 0 atom stereocenters. The van der Waals surface area contributed by atoms with Crippen molar-refractivity contribution in [2.75, 3.05) is 0 Å². The Labute approximate surface area is 201 Å². The minimum absolute atomic E-state index is 0.00853. The molecule has 1 aromatic heterocycles. The van der Waals surface area contributed by atoms with E-state index in [1.54, 1.807) is 0 Å². The molecule has 2 aliphatic carbocycles. The minimum Gasteiger partial charge on any atom is -0.443 e. The van der Waals surface area contributed by atoms with Gasteiger partial charge in [-0.2, -0.15) is 0 Å². The number of ether oxygens (including phenoxy) is 1. The Morgan fingerprint density at radius 2 is 1.73 bits per heavy atom. The maximum Gasteiger partial charge on any atom is 0.407 e. The monoisotopic (exact) mass is 468 g/mol. The summed E-state index contributed by atoms with van der Waals surface area (Å²) in [5.41, 5.74) is 3.14. The third kappa shape index (κ3) is 6.35. The van der Waals surface area contributed by atoms with E-state index in [9.17, 15) is 9.59 Å². The first kappa shape index (κ1) is 23.7. The van der Waals surface area contributed by atoms with Gasteiger partial charge in [0.25, 0.3) is 0 Å². The van der Waals surface area contributed by atoms with E-state index < -0.39 is 6.09 Å². The summed E-state index contributed by atoms with van der Waals surface area (Å²) in [5.74, 6) is 1.01. The van der Waals surface area contributed by atoms with Gasteiger partial charge in [-0.05, 0) is 100 Å². The number of ketones is 1. The molecule has 4 rings (SSSR count). The Morgan fingerprint density at radius 3 is 2.36 bits per heavy atom. The molecule has 1 aromatic carbocycles. The fourth-order valence-electron chi connectivity index (χ4n) is 4.64. The lowest BCUT2D eigenvalue weighted by Gasteiger charge is -2.28. The molecule has 33 heavy (non-hydrogen) atoms. The first-order valence-electron chi connectivity index (χ1n) is 11.9. The summed E-state index contributed by atoms with van der Waals surface area (Å²) in [5, 5.41) is 3.54. The standard InChI is InChI=1S/C27H33ClN2O3/c1-27(2,3)30-26(32)33-16-22-13-14-23(18-9-10-18)24(29-22)25(31)19-11-7-17(8-12-19)20-5-4-6-21(28)15-20/h4-6,13-15,17-19H,7-12,16H2,1-3H3,(H,30,32). The van der Waals surface area contributed by atoms with E-state index in [0.29, 0.717) is 23.2 Å². The zero-order valence-electron chi connectivity index (χ0n) is 19.7. The Balaban J connectivity index is 1.43. The van der Waals surface area contributed by atoms with Crippen LogP contribution in [-0.2, 0) is 11.3 Å². The molecule has 1 N–H and O–H groups in total. The van der Waals surface area contributed by atoms with E-state index in [-0.39, 0.29) is 23.8 Å². The molecule has 2 saturated carbocycles. The molecule has 2 aromatic rings. The predicted molar refractivity (Wildman–Crippen MR) is 130 cm³/mol. The second kappa shape index (κ2) is 9.84. The van der Waals surface area contributed by atoms with Crippen LogP contribution < -0.4 is 5.32 Å². The van der Waals surface area contributed by atoms with Crippen molar-refractivity contribution >= 4 is 23.5 Å². The van der Waals surface area contributed by atoms with Gasteiger partial charge in [0.1, 0.15) is 12.3 Å². The second-order valence-corrected chi connectivity index (χ2v) is 10.9. The molecule has 0 saturated heterocycles. The van der Waals surface area contributed by atoms with Gasteiger partial charge in [-0.3, -0.25) is 4.79 Å². The number of amides is 1. The van der Waals surface area contributed by atoms with Crippen LogP contribution in [0.3, 0.4) is 0 Å². The summed E-state index contributed by atoms with van der Waals surface area (Å²) >= 11 is 6.17. The number of carbonyl (C=O) groups is 2. The molecule has 1 amide bonds. The molecule has 176 valence electrons. The van der Waals surface area contributed by atoms with Gasteiger partial charge in [0.15, 0.2) is 5.78 Å². The molecule has 0 spiro atoms. The molecular formula is C27H33ClN2O3. The summed E-state index contributed by atoms with van der Waals surface area (Å²) in [6.07, 6.45) is 5.40. The number of pyridine rings is 1. The zero-order chi connectivity index (χ0) is 23.6. The fourth-order valence-corrected chi connectivity index (χ4v) is 4.84. The van der Waals surface area contributed by atoms with Crippen molar-refractivity contribution in [1.82, 2.24) is 10.3 Å². The Morgan fingerprint density at radius 1 is 1.03 bits per heavy atom. The number of hydrogen-bond acceptors (Lipinski definition) is 4. The smallest absolute Gasteiger partial charge is 0.407 e. The zero-order valence-corrected chi connectivity index (χ0v) is 20.5. The van der Waals surface area contributed by atoms with E-state index in [2.05, 4.69) is 11.4 Å². The molecule has 6 heteroatoms. The van der Waals surface area contributed by atoms with Crippen molar-refractivity contribution in [3.63, 3.8) is 0 Å². The number of benzene rings is 1. The molecule has 2 fully saturated rings. The van der Waals surface area contributed by atoms with Crippen LogP contribution in [0.15, 0.2) is 36.4 Å². The lowest BCUT2D eigenvalue weighted by Crippen LogP contribution is -2.40. The number of hydrogen-bond donors (Lipinski definition) is 1. The maximum absolute atomic E-state index is 13.5. The molecule has 0 radical (unpaired) electrons. The number of Topliss-reactive ketones (excluding diaryl/α,β-unsaturated/α-hetero) is 1. The highest BCUT2D eigenvalue weighted by atomic mass is 35.5. The summed E-state index contributed by atoms with van der Waals surface area (Å²) < 4.78 is 5.34. The highest BCUT2D eigenvalue weighted by Crippen LogP contribution is 2.43. The quantitative estimate of drug-likeness (QED) is 0.473. The predicted octanol–water partition coefficient (Wildman–Crippen LogP) is 6.79. The minimum atomic E-state index is -0.484. The highest BCUT2D eigenvalue weighted by molar-refractivity contribution is 6.30. The van der Waals surface area contributed by atoms with Gasteiger partial charge in [-0.25, -0.2) is 9.78 Å². The summed E-state index contributed by atoms with van der Waals surface area (Å²) in [4.78, 5) is 30.2. The van der Waals surface area contributed by atoms with E-state index in [1.807, 2.05) is 51.1 Å². The third-order valence-corrected chi connectivity index (χ3v) is 6.72. The topological polar surface area (TPSA) is 68.3 Å². The molecule has 0 bridgehead atoms. The van der Waals surface area contributed by atoms with Crippen LogP contribution in [0.5, 0.6) is 0 Å². The number of halogens is 1. The lowest BCUT2D eigenvalue weighted by atomic mass is 9.76. The third-order valence-electron chi connectivity index (χ3n) is 6.48. The molecule has 1 heterocycles. The number of alkyl carbamates (subject to hydrolysis) is 1. The Hall–Kier alpha value is -2.40. The van der Waals surface area contributed by atoms with Crippen LogP contribution in [0.4, 0.5) is 4.79 Å². The largest absolute Gasteiger partial charge is 0.443 e. The normalized spacial score (nSPS) is 20.8. The van der Waals surface area contributed by atoms with Gasteiger partial charge in [0.2, 0.25) is 0 Å². The number of nitrogens with zero attached hydrogens (tertiary/aromatic N) is 1. The van der Waals surface area contributed by atoms with Crippen molar-refractivity contribution in [2.45, 2.75) is 83.3 Å². The van der Waals surface area contributed by atoms with E-state index in [1.165, 1.54) is 5.56 Å². The van der Waals surface area contributed by atoms with Gasteiger partial charge < -0.3 is 10.1 Å². The average Bonchev–Trinajstić information content (AvgIpc) is 3.61. The van der Waals surface area contributed by atoms with Crippen LogP contribution in [0.2, 0.25) is 5.02 Å².